The molecule has 0 aromatic carbocycles. The fourth-order valence-electron chi connectivity index (χ4n) is 4.64. The standard InChI is InChI=1S/C19H23N7O2S/c1-25(17-14-3-4-20-16(14)21-10-22-17)13-5-11-7-26(8-12(11)6-13)19(27)24-18-23-15(28-2)9-29-18/h3-4,9-13H,5-8H2,1-2H3,(H,20,21,22)(H,23,24,27)/t11-,12+,13?. The quantitative estimate of drug-likeness (QED) is 0.682. The predicted octanol–water partition coefficient (Wildman–Crippen LogP) is 2.80. The Morgan fingerprint density at radius 3 is 2.86 bits per heavy atom. The third-order valence-corrected chi connectivity index (χ3v) is 6.87. The number of aromatic amines is 1. The van der Waals surface area contributed by atoms with Crippen molar-refractivity contribution < 1.29 is 9.53 Å². The Labute approximate surface area is 172 Å². The maximum Gasteiger partial charge on any atom is 0.323 e. The zero-order valence-electron chi connectivity index (χ0n) is 16.3. The Morgan fingerprint density at radius 1 is 1.34 bits per heavy atom. The zero-order valence-corrected chi connectivity index (χ0v) is 17.1. The number of fused-ring (bicyclic) bond motifs is 2. The summed E-state index contributed by atoms with van der Waals surface area (Å²) < 4.78 is 5.07. The molecule has 2 amide bonds. The van der Waals surface area contributed by atoms with Crippen molar-refractivity contribution in [2.45, 2.75) is 18.9 Å². The number of nitrogens with one attached hydrogen (secondary N) is 2. The lowest BCUT2D eigenvalue weighted by Crippen LogP contribution is -2.36. The van der Waals surface area contributed by atoms with E-state index >= 15 is 0 Å². The molecule has 29 heavy (non-hydrogen) atoms. The Hall–Kier alpha value is -2.88. The van der Waals surface area contributed by atoms with E-state index < -0.39 is 0 Å². The molecule has 3 atom stereocenters. The van der Waals surface area contributed by atoms with Gasteiger partial charge >= 0.3 is 6.03 Å². The van der Waals surface area contributed by atoms with Gasteiger partial charge in [-0.1, -0.05) is 0 Å². The molecular formula is C19H23N7O2S. The summed E-state index contributed by atoms with van der Waals surface area (Å²) in [5.41, 5.74) is 0.863. The predicted molar refractivity (Wildman–Crippen MR) is 112 cm³/mol. The first-order chi connectivity index (χ1) is 14.1. The molecule has 0 radical (unpaired) electrons. The van der Waals surface area contributed by atoms with Gasteiger partial charge in [0.15, 0.2) is 5.13 Å². The Bertz CT molecular complexity index is 1020. The molecule has 152 valence electrons. The molecule has 3 aromatic rings. The molecule has 10 heteroatoms. The van der Waals surface area contributed by atoms with Crippen LogP contribution in [0, 0.1) is 11.8 Å². The average Bonchev–Trinajstić information content (AvgIpc) is 3.48. The van der Waals surface area contributed by atoms with Crippen molar-refractivity contribution >= 4 is 39.4 Å². The normalized spacial score (nSPS) is 23.4. The van der Waals surface area contributed by atoms with Crippen LogP contribution in [-0.2, 0) is 0 Å². The van der Waals surface area contributed by atoms with E-state index in [1.165, 1.54) is 11.3 Å². The smallest absolute Gasteiger partial charge is 0.323 e. The van der Waals surface area contributed by atoms with Gasteiger partial charge in [0.05, 0.1) is 17.9 Å². The number of hydrogen-bond donors (Lipinski definition) is 2. The topological polar surface area (TPSA) is 99.3 Å². The van der Waals surface area contributed by atoms with Crippen LogP contribution in [0.5, 0.6) is 5.88 Å². The van der Waals surface area contributed by atoms with Gasteiger partial charge in [-0.25, -0.2) is 14.8 Å². The molecule has 9 nitrogen and oxygen atoms in total. The molecule has 2 aliphatic rings. The van der Waals surface area contributed by atoms with Crippen molar-refractivity contribution in [1.29, 1.82) is 0 Å². The van der Waals surface area contributed by atoms with Crippen LogP contribution in [0.2, 0.25) is 0 Å². The van der Waals surface area contributed by atoms with Gasteiger partial charge in [-0.2, -0.15) is 4.98 Å². The van der Waals surface area contributed by atoms with Crippen molar-refractivity contribution in [3.63, 3.8) is 0 Å². The van der Waals surface area contributed by atoms with Crippen LogP contribution in [-0.4, -0.2) is 64.2 Å². The highest BCUT2D eigenvalue weighted by Gasteiger charge is 2.44. The Balaban J connectivity index is 1.21. The first-order valence-electron chi connectivity index (χ1n) is 9.68. The molecule has 4 heterocycles. The largest absolute Gasteiger partial charge is 0.480 e. The number of rotatable bonds is 4. The SMILES string of the molecule is COc1csc(NC(=O)N2C[C@H]3CC(N(C)c4ncnc5[nH]ccc45)C[C@H]3C2)n1. The van der Waals surface area contributed by atoms with Crippen LogP contribution in [0.4, 0.5) is 15.7 Å². The van der Waals surface area contributed by atoms with Gasteiger partial charge in [0, 0.05) is 32.4 Å². The number of thiazole rings is 1. The van der Waals surface area contributed by atoms with Gasteiger partial charge < -0.3 is 19.5 Å². The molecule has 1 saturated carbocycles. The number of carbonyl (C=O) groups excluding carboxylic acids is 1. The summed E-state index contributed by atoms with van der Waals surface area (Å²) in [6.07, 6.45) is 5.63. The van der Waals surface area contributed by atoms with Gasteiger partial charge in [-0.15, -0.1) is 11.3 Å². The number of amides is 2. The number of likely N-dealkylation sites (tertiary alicyclic amines) is 1. The summed E-state index contributed by atoms with van der Waals surface area (Å²) >= 11 is 1.37. The van der Waals surface area contributed by atoms with Gasteiger partial charge in [0.1, 0.15) is 17.8 Å². The molecule has 3 aromatic heterocycles. The lowest BCUT2D eigenvalue weighted by molar-refractivity contribution is 0.218. The number of methoxy groups -OCH3 is 1. The summed E-state index contributed by atoms with van der Waals surface area (Å²) in [6.45, 7) is 1.57. The third-order valence-electron chi connectivity index (χ3n) is 6.13. The highest BCUT2D eigenvalue weighted by molar-refractivity contribution is 7.14. The summed E-state index contributed by atoms with van der Waals surface area (Å²) in [6, 6.07) is 2.37. The highest BCUT2D eigenvalue weighted by atomic mass is 32.1. The summed E-state index contributed by atoms with van der Waals surface area (Å²) in [5, 5.41) is 6.29. The molecule has 1 aliphatic heterocycles. The van der Waals surface area contributed by atoms with Gasteiger partial charge in [0.2, 0.25) is 5.88 Å². The number of hydrogen-bond acceptors (Lipinski definition) is 7. The number of carbonyl (C=O) groups is 1. The van der Waals surface area contributed by atoms with E-state index in [1.54, 1.807) is 18.8 Å². The first-order valence-corrected chi connectivity index (χ1v) is 10.6. The number of ether oxygens (including phenoxy) is 1. The van der Waals surface area contributed by atoms with Crippen LogP contribution in [0.1, 0.15) is 12.8 Å². The molecule has 1 saturated heterocycles. The fourth-order valence-corrected chi connectivity index (χ4v) is 5.29. The molecule has 1 aliphatic carbocycles. The minimum atomic E-state index is -0.0776. The van der Waals surface area contributed by atoms with Gasteiger partial charge in [-0.3, -0.25) is 5.32 Å². The van der Waals surface area contributed by atoms with Crippen molar-refractivity contribution in [1.82, 2.24) is 24.8 Å². The third kappa shape index (κ3) is 3.27. The molecule has 5 rings (SSSR count). The van der Waals surface area contributed by atoms with Crippen molar-refractivity contribution in [3.05, 3.63) is 24.0 Å². The van der Waals surface area contributed by atoms with Gasteiger partial charge in [-0.05, 0) is 30.7 Å². The number of nitrogens with zero attached hydrogens (tertiary/aromatic N) is 5. The van der Waals surface area contributed by atoms with Crippen LogP contribution in [0.15, 0.2) is 24.0 Å². The number of H-pyrrole nitrogens is 1. The lowest BCUT2D eigenvalue weighted by atomic mass is 10.0. The highest BCUT2D eigenvalue weighted by Crippen LogP contribution is 2.41. The second kappa shape index (κ2) is 7.18. The van der Waals surface area contributed by atoms with Crippen molar-refractivity contribution in [3.8, 4) is 5.88 Å². The van der Waals surface area contributed by atoms with E-state index in [0.717, 1.165) is 42.8 Å². The average molecular weight is 414 g/mol. The Kier molecular flexibility index (Phi) is 4.50. The summed E-state index contributed by atoms with van der Waals surface area (Å²) in [5.74, 6) is 2.52. The van der Waals surface area contributed by atoms with Crippen LogP contribution < -0.4 is 15.0 Å². The molecule has 2 N–H and O–H groups in total. The molecule has 2 fully saturated rings. The number of urea groups is 1. The minimum Gasteiger partial charge on any atom is -0.480 e. The van der Waals surface area contributed by atoms with E-state index in [9.17, 15) is 4.79 Å². The maximum absolute atomic E-state index is 12.6. The van der Waals surface area contributed by atoms with Crippen molar-refractivity contribution in [2.24, 2.45) is 11.8 Å². The van der Waals surface area contributed by atoms with Crippen LogP contribution in [0.25, 0.3) is 11.0 Å². The second-order valence-electron chi connectivity index (χ2n) is 7.72. The second-order valence-corrected chi connectivity index (χ2v) is 8.58. The van der Waals surface area contributed by atoms with Gasteiger partial charge in [0.25, 0.3) is 0 Å². The molecule has 1 unspecified atom stereocenters. The summed E-state index contributed by atoms with van der Waals surface area (Å²) in [7, 11) is 3.68. The minimum absolute atomic E-state index is 0.0776. The fraction of sp³-hybridized carbons (Fsp3) is 0.474. The van der Waals surface area contributed by atoms with E-state index in [-0.39, 0.29) is 6.03 Å². The maximum atomic E-state index is 12.6. The molecular weight excluding hydrogens is 390 g/mol. The molecule has 0 bridgehead atoms. The molecule has 0 spiro atoms. The van der Waals surface area contributed by atoms with Crippen LogP contribution in [0.3, 0.4) is 0 Å². The van der Waals surface area contributed by atoms with E-state index in [1.807, 2.05) is 17.2 Å². The van der Waals surface area contributed by atoms with E-state index in [0.29, 0.717) is 28.9 Å². The number of aromatic nitrogens is 4. The van der Waals surface area contributed by atoms with Crippen LogP contribution >= 0.6 is 11.3 Å². The van der Waals surface area contributed by atoms with E-state index in [4.69, 9.17) is 4.74 Å². The lowest BCUT2D eigenvalue weighted by Gasteiger charge is -2.28. The number of anilines is 2. The van der Waals surface area contributed by atoms with E-state index in [2.05, 4.69) is 37.2 Å². The zero-order chi connectivity index (χ0) is 20.0. The summed E-state index contributed by atoms with van der Waals surface area (Å²) in [4.78, 5) is 33.0. The first kappa shape index (κ1) is 18.2. The monoisotopic (exact) mass is 413 g/mol. The van der Waals surface area contributed by atoms with Crippen molar-refractivity contribution in [2.75, 3.05) is 37.5 Å². The Morgan fingerprint density at radius 2 is 2.14 bits per heavy atom.